The van der Waals surface area contributed by atoms with Crippen molar-refractivity contribution in [2.24, 2.45) is 5.92 Å². The van der Waals surface area contributed by atoms with Crippen molar-refractivity contribution in [1.29, 1.82) is 0 Å². The van der Waals surface area contributed by atoms with Crippen LogP contribution in [0.3, 0.4) is 0 Å². The predicted octanol–water partition coefficient (Wildman–Crippen LogP) is 17.5. The Morgan fingerprint density at radius 1 is 0.317 bits per heavy atom. The Morgan fingerprint density at radius 2 is 0.550 bits per heavy atom. The van der Waals surface area contributed by atoms with Gasteiger partial charge in [-0.1, -0.05) is 265 Å². The molecule has 0 amide bonds. The molecule has 0 fully saturated rings. The molecule has 0 aromatic carbocycles. The molecule has 0 heterocycles. The Balaban J connectivity index is 4.31. The van der Waals surface area contributed by atoms with Crippen LogP contribution < -0.4 is 0 Å². The summed E-state index contributed by atoms with van der Waals surface area (Å²) in [4.78, 5) is 38.0. The average Bonchev–Trinajstić information content (AvgIpc) is 3.23. The van der Waals surface area contributed by atoms with Crippen LogP contribution in [-0.2, 0) is 28.6 Å². The molecule has 0 aliphatic carbocycles. The van der Waals surface area contributed by atoms with Crippen molar-refractivity contribution in [3.05, 3.63) is 0 Å². The molecule has 0 bridgehead atoms. The highest BCUT2D eigenvalue weighted by molar-refractivity contribution is 5.71. The third-order valence-corrected chi connectivity index (χ3v) is 12.3. The maximum Gasteiger partial charge on any atom is 0.306 e. The number of esters is 3. The Morgan fingerprint density at radius 3 is 0.817 bits per heavy atom. The maximum absolute atomic E-state index is 12.8. The first kappa shape index (κ1) is 58.4. The SMILES string of the molecule is CCCCCCCCCCCCCCCCC(=O)OC[C@@H](COC(=O)CCCCCCCCCCCCCCC)OC(=O)CCCCCCCCCCCCCCC(C)C. The van der Waals surface area contributed by atoms with E-state index in [4.69, 9.17) is 14.2 Å². The molecule has 0 aromatic heterocycles. The summed E-state index contributed by atoms with van der Waals surface area (Å²) in [6.45, 7) is 9.04. The van der Waals surface area contributed by atoms with Crippen molar-refractivity contribution in [3.63, 3.8) is 0 Å². The molecule has 0 aliphatic heterocycles. The van der Waals surface area contributed by atoms with Gasteiger partial charge < -0.3 is 14.2 Å². The Kier molecular flexibility index (Phi) is 47.2. The number of carbonyl (C=O) groups excluding carboxylic acids is 3. The normalized spacial score (nSPS) is 11.9. The molecule has 0 aromatic rings. The fourth-order valence-electron chi connectivity index (χ4n) is 8.22. The van der Waals surface area contributed by atoms with Crippen molar-refractivity contribution in [2.45, 2.75) is 310 Å². The first-order valence-electron chi connectivity index (χ1n) is 26.9. The van der Waals surface area contributed by atoms with E-state index in [0.29, 0.717) is 19.3 Å². The van der Waals surface area contributed by atoms with Crippen LogP contribution in [0.2, 0.25) is 0 Å². The maximum atomic E-state index is 12.8. The number of rotatable bonds is 49. The lowest BCUT2D eigenvalue weighted by Gasteiger charge is -2.18. The highest BCUT2D eigenvalue weighted by atomic mass is 16.6. The van der Waals surface area contributed by atoms with Gasteiger partial charge in [0.1, 0.15) is 13.2 Å². The molecule has 0 saturated carbocycles. The third-order valence-electron chi connectivity index (χ3n) is 12.3. The standard InChI is InChI=1S/C54H104O6/c1-5-7-9-11-13-15-17-19-21-26-30-34-38-42-46-53(56)59-49-51(48-58-52(55)45-41-37-33-29-25-20-18-16-14-12-10-8-6-2)60-54(57)47-43-39-35-31-27-23-22-24-28-32-36-40-44-50(3)4/h50-51H,5-49H2,1-4H3/t51-/m1/s1. The predicted molar refractivity (Wildman–Crippen MR) is 257 cm³/mol. The molecular formula is C54H104O6. The van der Waals surface area contributed by atoms with Gasteiger partial charge >= 0.3 is 17.9 Å². The average molecular weight is 849 g/mol. The summed E-state index contributed by atoms with van der Waals surface area (Å²) in [7, 11) is 0. The molecule has 60 heavy (non-hydrogen) atoms. The fraction of sp³-hybridized carbons (Fsp3) is 0.944. The fourth-order valence-corrected chi connectivity index (χ4v) is 8.22. The Labute approximate surface area is 374 Å². The van der Waals surface area contributed by atoms with Crippen LogP contribution in [-0.4, -0.2) is 37.2 Å². The number of hydrogen-bond donors (Lipinski definition) is 0. The lowest BCUT2D eigenvalue weighted by molar-refractivity contribution is -0.167. The summed E-state index contributed by atoms with van der Waals surface area (Å²) < 4.78 is 16.8. The van der Waals surface area contributed by atoms with E-state index in [0.717, 1.165) is 63.7 Å². The van der Waals surface area contributed by atoms with Crippen LogP contribution in [0.25, 0.3) is 0 Å². The van der Waals surface area contributed by atoms with E-state index in [1.54, 1.807) is 0 Å². The first-order valence-corrected chi connectivity index (χ1v) is 26.9. The minimum atomic E-state index is -0.761. The Hall–Kier alpha value is -1.59. The van der Waals surface area contributed by atoms with Gasteiger partial charge in [0.05, 0.1) is 0 Å². The molecule has 0 spiro atoms. The first-order chi connectivity index (χ1) is 29.4. The number of carbonyl (C=O) groups is 3. The molecule has 0 N–H and O–H groups in total. The molecule has 356 valence electrons. The lowest BCUT2D eigenvalue weighted by atomic mass is 10.0. The van der Waals surface area contributed by atoms with E-state index < -0.39 is 6.10 Å². The van der Waals surface area contributed by atoms with E-state index in [1.807, 2.05) is 0 Å². The molecule has 0 unspecified atom stereocenters. The summed E-state index contributed by atoms with van der Waals surface area (Å²) in [6.07, 6.45) is 50.8. The van der Waals surface area contributed by atoms with Crippen LogP contribution in [0, 0.1) is 5.92 Å². The van der Waals surface area contributed by atoms with Crippen molar-refractivity contribution in [3.8, 4) is 0 Å². The van der Waals surface area contributed by atoms with E-state index >= 15 is 0 Å². The number of hydrogen-bond acceptors (Lipinski definition) is 6. The minimum absolute atomic E-state index is 0.0624. The number of unbranched alkanes of at least 4 members (excludes halogenated alkanes) is 36. The number of ether oxygens (including phenoxy) is 3. The van der Waals surface area contributed by atoms with Gasteiger partial charge in [0, 0.05) is 19.3 Å². The summed E-state index contributed by atoms with van der Waals surface area (Å²) in [5.74, 6) is -0.00854. The summed E-state index contributed by atoms with van der Waals surface area (Å²) >= 11 is 0. The third kappa shape index (κ3) is 47.5. The molecule has 0 aliphatic rings. The van der Waals surface area contributed by atoms with Crippen LogP contribution in [0.1, 0.15) is 304 Å². The zero-order valence-electron chi connectivity index (χ0n) is 40.9. The Bertz CT molecular complexity index is 903. The zero-order chi connectivity index (χ0) is 43.8. The van der Waals surface area contributed by atoms with E-state index in [-0.39, 0.29) is 31.1 Å². The van der Waals surface area contributed by atoms with Gasteiger partial charge in [0.15, 0.2) is 6.10 Å². The summed E-state index contributed by atoms with van der Waals surface area (Å²) in [5, 5.41) is 0. The second-order valence-electron chi connectivity index (χ2n) is 19.0. The van der Waals surface area contributed by atoms with Gasteiger partial charge in [-0.2, -0.15) is 0 Å². The highest BCUT2D eigenvalue weighted by Crippen LogP contribution is 2.17. The summed E-state index contributed by atoms with van der Waals surface area (Å²) in [5.41, 5.74) is 0. The smallest absolute Gasteiger partial charge is 0.306 e. The van der Waals surface area contributed by atoms with Gasteiger partial charge in [-0.3, -0.25) is 14.4 Å². The zero-order valence-corrected chi connectivity index (χ0v) is 40.9. The van der Waals surface area contributed by atoms with E-state index in [2.05, 4.69) is 27.7 Å². The van der Waals surface area contributed by atoms with Gasteiger partial charge in [-0.25, -0.2) is 0 Å². The molecule has 1 atom stereocenters. The van der Waals surface area contributed by atoms with Crippen LogP contribution in [0.5, 0.6) is 0 Å². The molecule has 0 radical (unpaired) electrons. The second kappa shape index (κ2) is 48.4. The molecule has 0 saturated heterocycles. The molecular weight excluding hydrogens is 745 g/mol. The van der Waals surface area contributed by atoms with E-state index in [1.165, 1.54) is 199 Å². The van der Waals surface area contributed by atoms with Gasteiger partial charge in [0.2, 0.25) is 0 Å². The van der Waals surface area contributed by atoms with Gasteiger partial charge in [-0.15, -0.1) is 0 Å². The summed E-state index contributed by atoms with van der Waals surface area (Å²) in [6, 6.07) is 0. The largest absolute Gasteiger partial charge is 0.462 e. The second-order valence-corrected chi connectivity index (χ2v) is 19.0. The topological polar surface area (TPSA) is 78.9 Å². The lowest BCUT2D eigenvalue weighted by Crippen LogP contribution is -2.30. The van der Waals surface area contributed by atoms with Gasteiger partial charge in [0.25, 0.3) is 0 Å². The monoisotopic (exact) mass is 849 g/mol. The highest BCUT2D eigenvalue weighted by Gasteiger charge is 2.19. The molecule has 6 nitrogen and oxygen atoms in total. The van der Waals surface area contributed by atoms with Crippen molar-refractivity contribution >= 4 is 17.9 Å². The molecule has 6 heteroatoms. The quantitative estimate of drug-likeness (QED) is 0.0345. The van der Waals surface area contributed by atoms with Crippen molar-refractivity contribution < 1.29 is 28.6 Å². The van der Waals surface area contributed by atoms with Crippen molar-refractivity contribution in [1.82, 2.24) is 0 Å². The van der Waals surface area contributed by atoms with Crippen LogP contribution in [0.4, 0.5) is 0 Å². The van der Waals surface area contributed by atoms with Crippen LogP contribution >= 0.6 is 0 Å². The van der Waals surface area contributed by atoms with Gasteiger partial charge in [-0.05, 0) is 25.2 Å². The van der Waals surface area contributed by atoms with Crippen molar-refractivity contribution in [2.75, 3.05) is 13.2 Å². The van der Waals surface area contributed by atoms with E-state index in [9.17, 15) is 14.4 Å². The van der Waals surface area contributed by atoms with Crippen LogP contribution in [0.15, 0.2) is 0 Å². The minimum Gasteiger partial charge on any atom is -0.462 e. The molecule has 0 rings (SSSR count).